The molecule has 20 heavy (non-hydrogen) atoms. The predicted molar refractivity (Wildman–Crippen MR) is 69.9 cm³/mol. The fourth-order valence-electron chi connectivity index (χ4n) is 2.46. The van der Waals surface area contributed by atoms with Crippen LogP contribution >= 0.6 is 0 Å². The topological polar surface area (TPSA) is 86.2 Å². The number of halogens is 1. The van der Waals surface area contributed by atoms with Gasteiger partial charge in [-0.2, -0.15) is 14.4 Å². The molecule has 0 unspecified atom stereocenters. The molecule has 6 nitrogen and oxygen atoms in total. The molecule has 0 aliphatic carbocycles. The van der Waals surface area contributed by atoms with Gasteiger partial charge in [-0.15, -0.1) is 6.42 Å². The third-order valence-electron chi connectivity index (χ3n) is 3.56. The first-order chi connectivity index (χ1) is 9.58. The summed E-state index contributed by atoms with van der Waals surface area (Å²) in [7, 11) is 0. The largest absolute Gasteiger partial charge is 0.392 e. The number of fused-ring (bicyclic) bond motifs is 1. The summed E-state index contributed by atoms with van der Waals surface area (Å²) in [4.78, 5) is 7.23. The van der Waals surface area contributed by atoms with Gasteiger partial charge in [0.05, 0.1) is 12.0 Å². The molecule has 2 aromatic rings. The lowest BCUT2D eigenvalue weighted by atomic mass is 10.0. The highest BCUT2D eigenvalue weighted by Gasteiger charge is 2.39. The third kappa shape index (κ3) is 1.81. The molecule has 0 amide bonds. The van der Waals surface area contributed by atoms with E-state index in [4.69, 9.17) is 16.9 Å². The van der Waals surface area contributed by atoms with Crippen molar-refractivity contribution >= 4 is 16.9 Å². The Bertz CT molecular complexity index is 708. The predicted octanol–water partition coefficient (Wildman–Crippen LogP) is 0.826. The molecule has 1 saturated heterocycles. The van der Waals surface area contributed by atoms with Crippen molar-refractivity contribution in [2.45, 2.75) is 24.7 Å². The molecule has 0 aromatic carbocycles. The van der Waals surface area contributed by atoms with Crippen LogP contribution in [0.3, 0.4) is 0 Å². The van der Waals surface area contributed by atoms with Crippen molar-refractivity contribution < 1.29 is 14.2 Å². The molecular formula is C13H13FN4O2. The smallest absolute Gasteiger partial charge is 0.312 e. The molecule has 3 heterocycles. The van der Waals surface area contributed by atoms with E-state index in [1.54, 1.807) is 16.8 Å². The lowest BCUT2D eigenvalue weighted by Crippen LogP contribution is -2.31. The Hall–Kier alpha value is -2.17. The van der Waals surface area contributed by atoms with Gasteiger partial charge in [0, 0.05) is 6.20 Å². The summed E-state index contributed by atoms with van der Waals surface area (Å²) in [6.45, 7) is -0.259. The van der Waals surface area contributed by atoms with Gasteiger partial charge in [-0.05, 0) is 18.9 Å². The number of hydrogen-bond acceptors (Lipinski definition) is 5. The molecule has 2 aromatic heterocycles. The quantitative estimate of drug-likeness (QED) is 0.626. The van der Waals surface area contributed by atoms with E-state index in [1.165, 1.54) is 0 Å². The molecule has 7 heteroatoms. The van der Waals surface area contributed by atoms with Crippen LogP contribution in [0.25, 0.3) is 11.0 Å². The van der Waals surface area contributed by atoms with E-state index >= 15 is 0 Å². The maximum absolute atomic E-state index is 13.3. The van der Waals surface area contributed by atoms with E-state index in [9.17, 15) is 9.50 Å². The van der Waals surface area contributed by atoms with Crippen molar-refractivity contribution in [1.29, 1.82) is 0 Å². The second-order valence-electron chi connectivity index (χ2n) is 4.75. The van der Waals surface area contributed by atoms with Gasteiger partial charge >= 0.3 is 6.08 Å². The Morgan fingerprint density at radius 1 is 1.65 bits per heavy atom. The Morgan fingerprint density at radius 3 is 3.10 bits per heavy atom. The van der Waals surface area contributed by atoms with Gasteiger partial charge in [-0.25, -0.2) is 0 Å². The number of hydrogen-bond donors (Lipinski definition) is 2. The standard InChI is InChI=1S/C13H13FN4O2/c1-2-13(7-19)5-3-9(20-13)18-6-4-8-10(15)16-12(14)17-11(8)18/h1,4,6,9,19H,3,5,7H2,(H2,15,16,17)/t9-,13+/m1/s1. The summed E-state index contributed by atoms with van der Waals surface area (Å²) >= 11 is 0. The lowest BCUT2D eigenvalue weighted by Gasteiger charge is -2.21. The number of terminal acetylenes is 1. The zero-order valence-electron chi connectivity index (χ0n) is 10.6. The van der Waals surface area contributed by atoms with Gasteiger partial charge in [0.1, 0.15) is 12.0 Å². The molecule has 0 radical (unpaired) electrons. The number of anilines is 1. The Kier molecular flexibility index (Phi) is 2.85. The van der Waals surface area contributed by atoms with Crippen LogP contribution in [0.4, 0.5) is 10.2 Å². The van der Waals surface area contributed by atoms with Crippen molar-refractivity contribution in [3.8, 4) is 12.3 Å². The van der Waals surface area contributed by atoms with Crippen LogP contribution in [-0.2, 0) is 4.74 Å². The number of nitrogens with two attached hydrogens (primary N) is 1. The van der Waals surface area contributed by atoms with Crippen LogP contribution in [0.1, 0.15) is 19.1 Å². The minimum Gasteiger partial charge on any atom is -0.392 e. The summed E-state index contributed by atoms with van der Waals surface area (Å²) in [6, 6.07) is 1.70. The van der Waals surface area contributed by atoms with Crippen LogP contribution < -0.4 is 5.73 Å². The molecule has 1 aliphatic heterocycles. The maximum atomic E-state index is 13.3. The zero-order valence-corrected chi connectivity index (χ0v) is 10.6. The molecule has 3 rings (SSSR count). The fraction of sp³-hybridized carbons (Fsp3) is 0.385. The molecule has 0 saturated carbocycles. The maximum Gasteiger partial charge on any atom is 0.312 e. The molecule has 0 bridgehead atoms. The number of aliphatic hydroxyl groups excluding tert-OH is 1. The highest BCUT2D eigenvalue weighted by molar-refractivity contribution is 5.86. The minimum atomic E-state index is -0.988. The monoisotopic (exact) mass is 276 g/mol. The average molecular weight is 276 g/mol. The summed E-state index contributed by atoms with van der Waals surface area (Å²) in [6.07, 6.45) is 6.92. The summed E-state index contributed by atoms with van der Waals surface area (Å²) < 4.78 is 20.7. The highest BCUT2D eigenvalue weighted by Crippen LogP contribution is 2.37. The Balaban J connectivity index is 2.03. The zero-order chi connectivity index (χ0) is 14.3. The van der Waals surface area contributed by atoms with Crippen LogP contribution in [0.2, 0.25) is 0 Å². The van der Waals surface area contributed by atoms with E-state index < -0.39 is 17.9 Å². The molecule has 1 aliphatic rings. The summed E-state index contributed by atoms with van der Waals surface area (Å²) in [5, 5.41) is 9.90. The second-order valence-corrected chi connectivity index (χ2v) is 4.75. The van der Waals surface area contributed by atoms with E-state index in [2.05, 4.69) is 15.9 Å². The molecular weight excluding hydrogens is 263 g/mol. The first kappa shape index (κ1) is 12.8. The van der Waals surface area contributed by atoms with Crippen LogP contribution in [0, 0.1) is 18.4 Å². The number of aromatic nitrogens is 3. The van der Waals surface area contributed by atoms with Gasteiger partial charge in [-0.1, -0.05) is 5.92 Å². The Morgan fingerprint density at radius 2 is 2.45 bits per heavy atom. The van der Waals surface area contributed by atoms with Crippen LogP contribution in [0.5, 0.6) is 0 Å². The SMILES string of the molecule is C#C[C@@]1(CO)CC[C@H](n2ccc3c(N)nc(F)nc32)O1. The number of ether oxygens (including phenoxy) is 1. The van der Waals surface area contributed by atoms with E-state index in [-0.39, 0.29) is 12.4 Å². The van der Waals surface area contributed by atoms with Crippen LogP contribution in [-0.4, -0.2) is 31.8 Å². The van der Waals surface area contributed by atoms with Gasteiger partial charge in [0.15, 0.2) is 11.2 Å². The van der Waals surface area contributed by atoms with Crippen molar-refractivity contribution in [1.82, 2.24) is 14.5 Å². The van der Waals surface area contributed by atoms with Crippen molar-refractivity contribution in [2.24, 2.45) is 0 Å². The molecule has 0 spiro atoms. The first-order valence-electron chi connectivity index (χ1n) is 6.14. The average Bonchev–Trinajstić information content (AvgIpc) is 3.02. The van der Waals surface area contributed by atoms with Crippen LogP contribution in [0.15, 0.2) is 12.3 Å². The van der Waals surface area contributed by atoms with E-state index in [1.807, 2.05) is 0 Å². The molecule has 3 N–H and O–H groups in total. The Labute approximate surface area is 114 Å². The minimum absolute atomic E-state index is 0.0784. The highest BCUT2D eigenvalue weighted by atomic mass is 19.1. The van der Waals surface area contributed by atoms with Gasteiger partial charge in [0.2, 0.25) is 0 Å². The number of nitrogen functional groups attached to an aromatic ring is 1. The molecule has 104 valence electrons. The van der Waals surface area contributed by atoms with E-state index in [0.29, 0.717) is 23.9 Å². The normalized spacial score (nSPS) is 25.9. The first-order valence-corrected chi connectivity index (χ1v) is 6.14. The molecule has 1 fully saturated rings. The number of nitrogens with zero attached hydrogens (tertiary/aromatic N) is 3. The van der Waals surface area contributed by atoms with Gasteiger partial charge in [-0.3, -0.25) is 0 Å². The molecule has 2 atom stereocenters. The second kappa shape index (κ2) is 4.44. The van der Waals surface area contributed by atoms with E-state index in [0.717, 1.165) is 0 Å². The lowest BCUT2D eigenvalue weighted by molar-refractivity contribution is -0.0616. The van der Waals surface area contributed by atoms with Gasteiger partial charge in [0.25, 0.3) is 0 Å². The summed E-state index contributed by atoms with van der Waals surface area (Å²) in [5.41, 5.74) is 5.02. The summed E-state index contributed by atoms with van der Waals surface area (Å²) in [5.74, 6) is 2.55. The van der Waals surface area contributed by atoms with Gasteiger partial charge < -0.3 is 20.1 Å². The number of aliphatic hydroxyl groups is 1. The van der Waals surface area contributed by atoms with Crippen molar-refractivity contribution in [2.75, 3.05) is 12.3 Å². The fourth-order valence-corrected chi connectivity index (χ4v) is 2.46. The third-order valence-corrected chi connectivity index (χ3v) is 3.56. The number of rotatable bonds is 2. The van der Waals surface area contributed by atoms with Crippen molar-refractivity contribution in [3.63, 3.8) is 0 Å². The van der Waals surface area contributed by atoms with Crippen molar-refractivity contribution in [3.05, 3.63) is 18.3 Å².